The summed E-state index contributed by atoms with van der Waals surface area (Å²) in [7, 11) is 0. The van der Waals surface area contributed by atoms with Gasteiger partial charge in [0.15, 0.2) is 6.10 Å². The molecular formula is C31H26F3N3O4. The van der Waals surface area contributed by atoms with Gasteiger partial charge in [0.1, 0.15) is 11.6 Å². The van der Waals surface area contributed by atoms with Crippen molar-refractivity contribution >= 4 is 5.91 Å². The van der Waals surface area contributed by atoms with Gasteiger partial charge in [0, 0.05) is 13.0 Å². The number of H-pyrrole nitrogens is 1. The summed E-state index contributed by atoms with van der Waals surface area (Å²) >= 11 is 0. The smallest absolute Gasteiger partial charge is 0.406 e. The van der Waals surface area contributed by atoms with Crippen molar-refractivity contribution in [3.63, 3.8) is 0 Å². The molecule has 4 aromatic rings. The number of nitrogens with zero attached hydrogens (tertiary/aromatic N) is 2. The number of nitrogens with one attached hydrogen (secondary N) is 1. The van der Waals surface area contributed by atoms with Gasteiger partial charge in [-0.05, 0) is 53.3 Å². The second-order valence-corrected chi connectivity index (χ2v) is 10.4. The fourth-order valence-electron chi connectivity index (χ4n) is 5.46. The van der Waals surface area contributed by atoms with Crippen molar-refractivity contribution in [3.05, 3.63) is 117 Å². The SMILES string of the molecule is O=C(C(O)c1cccc(-c2cccc(OC(F)(F)F)c2)c1)N1CCc2nc(C3(c4ccccc4)CC3)[nH]c(=O)c2C1. The van der Waals surface area contributed by atoms with Crippen LogP contribution in [0.1, 0.15) is 47.2 Å². The zero-order valence-electron chi connectivity index (χ0n) is 21.8. The molecule has 1 fully saturated rings. The van der Waals surface area contributed by atoms with E-state index >= 15 is 0 Å². The summed E-state index contributed by atoms with van der Waals surface area (Å²) in [5, 5.41) is 11.0. The van der Waals surface area contributed by atoms with Crippen LogP contribution in [-0.2, 0) is 23.2 Å². The second kappa shape index (κ2) is 10.2. The molecule has 1 aliphatic carbocycles. The highest BCUT2D eigenvalue weighted by Gasteiger charge is 2.48. The lowest BCUT2D eigenvalue weighted by Crippen LogP contribution is -2.42. The first-order valence-electron chi connectivity index (χ1n) is 13.2. The minimum atomic E-state index is -4.82. The zero-order valence-corrected chi connectivity index (χ0v) is 21.8. The van der Waals surface area contributed by atoms with Crippen LogP contribution >= 0.6 is 0 Å². The number of rotatable bonds is 6. The number of aliphatic hydroxyl groups excluding tert-OH is 1. The van der Waals surface area contributed by atoms with Gasteiger partial charge in [0.2, 0.25) is 0 Å². The number of amides is 1. The summed E-state index contributed by atoms with van der Waals surface area (Å²) in [5.74, 6) is -0.301. The van der Waals surface area contributed by atoms with Gasteiger partial charge >= 0.3 is 6.36 Å². The Morgan fingerprint density at radius 3 is 2.41 bits per heavy atom. The Morgan fingerprint density at radius 2 is 1.71 bits per heavy atom. The number of aromatic nitrogens is 2. The Bertz CT molecular complexity index is 1670. The first-order valence-corrected chi connectivity index (χ1v) is 13.2. The van der Waals surface area contributed by atoms with Crippen LogP contribution in [0.3, 0.4) is 0 Å². The Balaban J connectivity index is 1.20. The average Bonchev–Trinajstić information content (AvgIpc) is 3.78. The molecule has 0 bridgehead atoms. The third kappa shape index (κ3) is 5.35. The summed E-state index contributed by atoms with van der Waals surface area (Å²) in [6.07, 6.45) is -4.18. The van der Waals surface area contributed by atoms with E-state index < -0.39 is 18.4 Å². The number of aliphatic hydroxyl groups is 1. The lowest BCUT2D eigenvalue weighted by atomic mass is 9.94. The molecule has 2 aliphatic rings. The molecule has 6 rings (SSSR count). The van der Waals surface area contributed by atoms with Gasteiger partial charge in [-0.25, -0.2) is 4.98 Å². The van der Waals surface area contributed by atoms with E-state index in [2.05, 4.69) is 9.72 Å². The van der Waals surface area contributed by atoms with E-state index in [4.69, 9.17) is 4.98 Å². The van der Waals surface area contributed by atoms with Gasteiger partial charge in [-0.15, -0.1) is 13.2 Å². The molecule has 1 aromatic heterocycles. The highest BCUT2D eigenvalue weighted by Crippen LogP contribution is 2.52. The normalized spacial score (nSPS) is 16.5. The van der Waals surface area contributed by atoms with E-state index in [1.54, 1.807) is 30.3 Å². The molecule has 1 saturated carbocycles. The zero-order chi connectivity index (χ0) is 28.8. The third-order valence-corrected chi connectivity index (χ3v) is 7.75. The Hall–Kier alpha value is -4.44. The van der Waals surface area contributed by atoms with E-state index in [0.717, 1.165) is 18.4 Å². The number of aromatic amines is 1. The number of carbonyl (C=O) groups is 1. The quantitative estimate of drug-likeness (QED) is 0.344. The van der Waals surface area contributed by atoms with Crippen molar-refractivity contribution < 1.29 is 27.8 Å². The first kappa shape index (κ1) is 26.8. The second-order valence-electron chi connectivity index (χ2n) is 10.4. The predicted molar refractivity (Wildman–Crippen MR) is 144 cm³/mol. The fourth-order valence-corrected chi connectivity index (χ4v) is 5.46. The first-order chi connectivity index (χ1) is 19.6. The molecule has 1 aliphatic heterocycles. The average molecular weight is 562 g/mol. The van der Waals surface area contributed by atoms with Crippen molar-refractivity contribution in [2.24, 2.45) is 0 Å². The number of benzene rings is 3. The lowest BCUT2D eigenvalue weighted by molar-refractivity contribution is -0.274. The highest BCUT2D eigenvalue weighted by molar-refractivity contribution is 5.83. The summed E-state index contributed by atoms with van der Waals surface area (Å²) < 4.78 is 42.0. The maximum absolute atomic E-state index is 13.3. The maximum atomic E-state index is 13.3. The van der Waals surface area contributed by atoms with Crippen LogP contribution in [0.25, 0.3) is 11.1 Å². The molecule has 2 heterocycles. The van der Waals surface area contributed by atoms with Gasteiger partial charge in [-0.2, -0.15) is 0 Å². The fraction of sp³-hybridized carbons (Fsp3) is 0.258. The standard InChI is InChI=1S/C31H26F3N3O4/c32-31(33,34)41-23-11-5-7-20(17-23)19-6-4-8-21(16-19)26(38)28(40)37-15-12-25-24(18-37)27(39)36-29(35-25)30(13-14-30)22-9-2-1-3-10-22/h1-11,16-17,26,38H,12-15,18H2,(H,35,36,39). The molecule has 7 nitrogen and oxygen atoms in total. The predicted octanol–water partition coefficient (Wildman–Crippen LogP) is 5.03. The molecule has 2 N–H and O–H groups in total. The largest absolute Gasteiger partial charge is 0.573 e. The lowest BCUT2D eigenvalue weighted by Gasteiger charge is -2.30. The topological polar surface area (TPSA) is 95.5 Å². The summed E-state index contributed by atoms with van der Waals surface area (Å²) in [4.78, 5) is 35.6. The molecule has 10 heteroatoms. The van der Waals surface area contributed by atoms with E-state index in [1.807, 2.05) is 30.3 Å². The molecule has 1 atom stereocenters. The van der Waals surface area contributed by atoms with Gasteiger partial charge in [-0.3, -0.25) is 9.59 Å². The maximum Gasteiger partial charge on any atom is 0.573 e. The van der Waals surface area contributed by atoms with Gasteiger partial charge < -0.3 is 19.7 Å². The van der Waals surface area contributed by atoms with E-state index in [9.17, 15) is 27.9 Å². The summed E-state index contributed by atoms with van der Waals surface area (Å²) in [5.41, 5.74) is 2.81. The van der Waals surface area contributed by atoms with Crippen LogP contribution in [0.2, 0.25) is 0 Å². The molecule has 41 heavy (non-hydrogen) atoms. The molecule has 0 radical (unpaired) electrons. The Kier molecular flexibility index (Phi) is 6.65. The van der Waals surface area contributed by atoms with Gasteiger partial charge in [0.05, 0.1) is 23.2 Å². The molecule has 0 spiro atoms. The van der Waals surface area contributed by atoms with Crippen molar-refractivity contribution in [3.8, 4) is 16.9 Å². The highest BCUT2D eigenvalue weighted by atomic mass is 19.4. The van der Waals surface area contributed by atoms with Crippen LogP contribution < -0.4 is 10.3 Å². The molecule has 1 unspecified atom stereocenters. The van der Waals surface area contributed by atoms with Crippen molar-refractivity contribution in [2.45, 2.75) is 43.7 Å². The molecular weight excluding hydrogens is 535 g/mol. The molecule has 210 valence electrons. The monoisotopic (exact) mass is 561 g/mol. The summed E-state index contributed by atoms with van der Waals surface area (Å²) in [6, 6.07) is 21.8. The number of alkyl halides is 3. The number of ether oxygens (including phenoxy) is 1. The third-order valence-electron chi connectivity index (χ3n) is 7.75. The van der Waals surface area contributed by atoms with Crippen molar-refractivity contribution in [1.29, 1.82) is 0 Å². The number of hydrogen-bond donors (Lipinski definition) is 2. The Labute approximate surface area is 233 Å². The van der Waals surface area contributed by atoms with Crippen molar-refractivity contribution in [1.82, 2.24) is 14.9 Å². The minimum absolute atomic E-state index is 0.0166. The van der Waals surface area contributed by atoms with Crippen LogP contribution in [0.5, 0.6) is 5.75 Å². The van der Waals surface area contributed by atoms with Gasteiger partial charge in [0.25, 0.3) is 11.5 Å². The Morgan fingerprint density at radius 1 is 1.00 bits per heavy atom. The van der Waals surface area contributed by atoms with Crippen LogP contribution in [0, 0.1) is 0 Å². The molecule has 3 aromatic carbocycles. The van der Waals surface area contributed by atoms with Crippen LogP contribution in [0.4, 0.5) is 13.2 Å². The van der Waals surface area contributed by atoms with E-state index in [-0.39, 0.29) is 35.4 Å². The number of carbonyl (C=O) groups excluding carboxylic acids is 1. The molecule has 0 saturated heterocycles. The summed E-state index contributed by atoms with van der Waals surface area (Å²) in [6.45, 7) is 0.302. The van der Waals surface area contributed by atoms with Gasteiger partial charge in [-0.1, -0.05) is 60.7 Å². The van der Waals surface area contributed by atoms with Crippen LogP contribution in [-0.4, -0.2) is 38.8 Å². The molecule has 1 amide bonds. The number of halogens is 3. The number of fused-ring (bicyclic) bond motifs is 1. The number of hydrogen-bond acceptors (Lipinski definition) is 5. The minimum Gasteiger partial charge on any atom is -0.406 e. The van der Waals surface area contributed by atoms with Crippen LogP contribution in [0.15, 0.2) is 83.7 Å². The van der Waals surface area contributed by atoms with Crippen molar-refractivity contribution in [2.75, 3.05) is 6.54 Å². The van der Waals surface area contributed by atoms with E-state index in [0.29, 0.717) is 34.6 Å². The van der Waals surface area contributed by atoms with E-state index in [1.165, 1.54) is 23.1 Å².